The largest absolute Gasteiger partial charge is 0.756 e. The molecule has 9 heteroatoms. The van der Waals surface area contributed by atoms with Gasteiger partial charge in [0, 0.05) is 6.42 Å². The summed E-state index contributed by atoms with van der Waals surface area (Å²) in [5, 5.41) is 14.1. The molecule has 83 heavy (non-hydrogen) atoms. The summed E-state index contributed by atoms with van der Waals surface area (Å²) in [6, 6.07) is -0.806. The van der Waals surface area contributed by atoms with Gasteiger partial charge in [-0.1, -0.05) is 351 Å². The molecule has 0 aromatic rings. The van der Waals surface area contributed by atoms with Gasteiger partial charge in [-0.25, -0.2) is 0 Å². The molecule has 0 aromatic carbocycles. The normalized spacial score (nSPS) is 14.0. The van der Waals surface area contributed by atoms with Gasteiger partial charge < -0.3 is 28.8 Å². The maximum Gasteiger partial charge on any atom is 0.268 e. The first kappa shape index (κ1) is 81.2. The van der Waals surface area contributed by atoms with E-state index in [1.807, 2.05) is 21.1 Å². The molecule has 0 aliphatic rings. The van der Waals surface area contributed by atoms with Crippen LogP contribution in [0, 0.1) is 0 Å². The Morgan fingerprint density at radius 3 is 1.07 bits per heavy atom. The molecular formula is C74H141N2O6P. The van der Waals surface area contributed by atoms with Gasteiger partial charge in [0.05, 0.1) is 39.9 Å². The molecule has 0 aromatic heterocycles. The third kappa shape index (κ3) is 67.6. The fourth-order valence-electron chi connectivity index (χ4n) is 11.0. The Bertz CT molecular complexity index is 1540. The van der Waals surface area contributed by atoms with Gasteiger partial charge in [-0.05, 0) is 57.8 Å². The summed E-state index contributed by atoms with van der Waals surface area (Å²) >= 11 is 0. The van der Waals surface area contributed by atoms with E-state index in [2.05, 4.69) is 79.9 Å². The van der Waals surface area contributed by atoms with Gasteiger partial charge in [0.15, 0.2) is 0 Å². The number of carbonyl (C=O) groups is 1. The fraction of sp³-hybridized carbons (Fsp3) is 0.851. The van der Waals surface area contributed by atoms with E-state index in [9.17, 15) is 19.4 Å². The second kappa shape index (κ2) is 64.7. The van der Waals surface area contributed by atoms with Crippen LogP contribution in [0.15, 0.2) is 60.8 Å². The van der Waals surface area contributed by atoms with E-state index in [1.165, 1.54) is 257 Å². The quantitative estimate of drug-likeness (QED) is 0.0272. The summed E-state index contributed by atoms with van der Waals surface area (Å²) in [4.78, 5) is 25.7. The van der Waals surface area contributed by atoms with E-state index < -0.39 is 20.0 Å². The number of hydrogen-bond donors (Lipinski definition) is 2. The van der Waals surface area contributed by atoms with Crippen molar-refractivity contribution in [2.45, 2.75) is 366 Å². The molecule has 0 aliphatic heterocycles. The predicted molar refractivity (Wildman–Crippen MR) is 362 cm³/mol. The summed E-state index contributed by atoms with van der Waals surface area (Å²) in [5.74, 6) is -0.162. The molecule has 1 amide bonds. The number of nitrogens with zero attached hydrogens (tertiary/aromatic N) is 1. The standard InChI is InChI=1S/C74H141N2O6P/c1-6-8-10-12-14-16-18-20-22-24-26-28-30-32-34-36-37-38-40-41-43-45-47-49-51-53-55-57-59-61-63-65-67-73(77)72(71-82-83(79,80)81-70-69-76(3,4)5)75-74(78)68-66-64-62-60-58-56-54-52-50-48-46-44-42-39-35-33-31-29-27-25-23-21-19-17-15-13-11-9-7-2/h9,11,15,17,21,23,27,29,33,35,72-73,77H,6-8,10,12-14,16,18-20,22,24-26,28,30-32,34,36-71H2,1-5H3,(H-,75,78,79,80)/b11-9-,17-15-,23-21-,29-27-,35-33-. The van der Waals surface area contributed by atoms with Crippen molar-refractivity contribution in [3.63, 3.8) is 0 Å². The number of hydrogen-bond acceptors (Lipinski definition) is 6. The lowest BCUT2D eigenvalue weighted by Gasteiger charge is -2.30. The zero-order chi connectivity index (χ0) is 60.5. The minimum absolute atomic E-state index is 0.0114. The van der Waals surface area contributed by atoms with Crippen LogP contribution in [-0.2, 0) is 18.4 Å². The van der Waals surface area contributed by atoms with Crippen LogP contribution < -0.4 is 10.2 Å². The van der Waals surface area contributed by atoms with Gasteiger partial charge in [-0.15, -0.1) is 0 Å². The van der Waals surface area contributed by atoms with Gasteiger partial charge in [-0.3, -0.25) is 9.36 Å². The number of rotatable bonds is 67. The van der Waals surface area contributed by atoms with Crippen molar-refractivity contribution in [3.8, 4) is 0 Å². The molecular weight excluding hydrogens is 1040 g/mol. The van der Waals surface area contributed by atoms with Crippen molar-refractivity contribution in [2.75, 3.05) is 40.9 Å². The van der Waals surface area contributed by atoms with Crippen LogP contribution in [0.2, 0.25) is 0 Å². The lowest BCUT2D eigenvalue weighted by atomic mass is 10.0. The van der Waals surface area contributed by atoms with E-state index in [4.69, 9.17) is 9.05 Å². The van der Waals surface area contributed by atoms with Crippen molar-refractivity contribution in [1.29, 1.82) is 0 Å². The van der Waals surface area contributed by atoms with Crippen LogP contribution in [0.25, 0.3) is 0 Å². The molecule has 0 bridgehead atoms. The first-order chi connectivity index (χ1) is 40.5. The van der Waals surface area contributed by atoms with Crippen molar-refractivity contribution in [2.24, 2.45) is 0 Å². The van der Waals surface area contributed by atoms with Gasteiger partial charge in [0.25, 0.3) is 7.82 Å². The maximum atomic E-state index is 13.1. The molecule has 3 unspecified atom stereocenters. The number of unbranched alkanes of at least 4 members (excludes halogenated alkanes) is 44. The number of carbonyl (C=O) groups excluding carboxylic acids is 1. The Morgan fingerprint density at radius 2 is 0.735 bits per heavy atom. The first-order valence-electron chi connectivity index (χ1n) is 36.1. The molecule has 3 atom stereocenters. The van der Waals surface area contributed by atoms with Gasteiger partial charge in [0.1, 0.15) is 13.2 Å². The van der Waals surface area contributed by atoms with Gasteiger partial charge in [0.2, 0.25) is 5.91 Å². The first-order valence-corrected chi connectivity index (χ1v) is 37.6. The Kier molecular flexibility index (Phi) is 63.3. The Morgan fingerprint density at radius 1 is 0.434 bits per heavy atom. The molecule has 2 N–H and O–H groups in total. The maximum absolute atomic E-state index is 13.1. The number of phosphoric ester groups is 1. The van der Waals surface area contributed by atoms with Crippen molar-refractivity contribution in [3.05, 3.63) is 60.8 Å². The molecule has 0 saturated carbocycles. The molecule has 0 radical (unpaired) electrons. The number of likely N-dealkylation sites (N-methyl/N-ethyl adjacent to an activating group) is 1. The molecule has 488 valence electrons. The second-order valence-corrected chi connectivity index (χ2v) is 27.3. The Balaban J connectivity index is 4.01. The minimum atomic E-state index is -4.58. The van der Waals surface area contributed by atoms with E-state index >= 15 is 0 Å². The van der Waals surface area contributed by atoms with Crippen LogP contribution in [0.1, 0.15) is 354 Å². The number of amides is 1. The average Bonchev–Trinajstić information content (AvgIpc) is 3.50. The van der Waals surface area contributed by atoms with Crippen LogP contribution in [0.3, 0.4) is 0 Å². The smallest absolute Gasteiger partial charge is 0.268 e. The van der Waals surface area contributed by atoms with Crippen LogP contribution in [-0.4, -0.2) is 68.5 Å². The molecule has 8 nitrogen and oxygen atoms in total. The lowest BCUT2D eigenvalue weighted by molar-refractivity contribution is -0.870. The third-order valence-electron chi connectivity index (χ3n) is 16.5. The lowest BCUT2D eigenvalue weighted by Crippen LogP contribution is -2.46. The average molecular weight is 1190 g/mol. The topological polar surface area (TPSA) is 108 Å². The molecule has 0 heterocycles. The molecule has 0 spiro atoms. The highest BCUT2D eigenvalue weighted by Gasteiger charge is 2.24. The SMILES string of the molecule is CC/C=C\C/C=C\C/C=C\C/C=C\C/C=C\CCCCCCCCCCCCCCCC(=O)NC(COP(=O)([O-])OCC[N+](C)(C)C)C(O)CCCCCCCCCCCCCCCCCCCCCCCCCCCCCCCCCC. The number of phosphoric acid groups is 1. The Labute approximate surface area is 517 Å². The minimum Gasteiger partial charge on any atom is -0.756 e. The monoisotopic (exact) mass is 1190 g/mol. The zero-order valence-corrected chi connectivity index (χ0v) is 56.8. The van der Waals surface area contributed by atoms with Crippen molar-refractivity contribution >= 4 is 13.7 Å². The number of allylic oxidation sites excluding steroid dienone is 10. The molecule has 0 saturated heterocycles. The van der Waals surface area contributed by atoms with Crippen LogP contribution in [0.5, 0.6) is 0 Å². The third-order valence-corrected chi connectivity index (χ3v) is 17.5. The van der Waals surface area contributed by atoms with E-state index in [1.54, 1.807) is 0 Å². The van der Waals surface area contributed by atoms with Crippen molar-refractivity contribution in [1.82, 2.24) is 5.32 Å². The highest BCUT2D eigenvalue weighted by molar-refractivity contribution is 7.45. The van der Waals surface area contributed by atoms with E-state index in [-0.39, 0.29) is 19.1 Å². The summed E-state index contributed by atoms with van der Waals surface area (Å²) in [5.41, 5.74) is 0. The number of quaternary nitrogens is 1. The predicted octanol–water partition coefficient (Wildman–Crippen LogP) is 22.5. The van der Waals surface area contributed by atoms with Gasteiger partial charge >= 0.3 is 0 Å². The molecule has 0 aliphatic carbocycles. The number of aliphatic hydroxyl groups excluding tert-OH is 1. The second-order valence-electron chi connectivity index (χ2n) is 25.9. The fourth-order valence-corrected chi connectivity index (χ4v) is 11.7. The van der Waals surface area contributed by atoms with E-state index in [0.717, 1.165) is 70.6 Å². The number of aliphatic hydroxyl groups is 1. The molecule has 0 rings (SSSR count). The van der Waals surface area contributed by atoms with Crippen LogP contribution >= 0.6 is 7.82 Å². The van der Waals surface area contributed by atoms with Crippen molar-refractivity contribution < 1.29 is 32.9 Å². The summed E-state index contributed by atoms with van der Waals surface area (Å²) in [6.07, 6.45) is 88.8. The van der Waals surface area contributed by atoms with Crippen LogP contribution in [0.4, 0.5) is 0 Å². The summed E-state index contributed by atoms with van der Waals surface area (Å²) < 4.78 is 23.6. The number of nitrogens with one attached hydrogen (secondary N) is 1. The highest BCUT2D eigenvalue weighted by Crippen LogP contribution is 2.38. The Hall–Kier alpha value is -1.80. The van der Waals surface area contributed by atoms with E-state index in [0.29, 0.717) is 23.9 Å². The highest BCUT2D eigenvalue weighted by atomic mass is 31.2. The zero-order valence-electron chi connectivity index (χ0n) is 55.9. The molecule has 0 fully saturated rings. The summed E-state index contributed by atoms with van der Waals surface area (Å²) in [6.45, 7) is 4.66. The van der Waals surface area contributed by atoms with Gasteiger partial charge in [-0.2, -0.15) is 0 Å². The summed E-state index contributed by atoms with van der Waals surface area (Å²) in [7, 11) is 1.31.